The van der Waals surface area contributed by atoms with Crippen LogP contribution in [0, 0.1) is 13.8 Å². The van der Waals surface area contributed by atoms with Gasteiger partial charge in [0.2, 0.25) is 0 Å². The van der Waals surface area contributed by atoms with Crippen LogP contribution in [0.25, 0.3) is 0 Å². The molecule has 0 amide bonds. The smallest absolute Gasteiger partial charge is 0.265 e. The summed E-state index contributed by atoms with van der Waals surface area (Å²) in [6.07, 6.45) is 1.23. The summed E-state index contributed by atoms with van der Waals surface area (Å²) in [6, 6.07) is 19.3. The number of hydrogen-bond acceptors (Lipinski definition) is 5. The van der Waals surface area contributed by atoms with E-state index in [1.807, 2.05) is 27.7 Å². The first-order chi connectivity index (χ1) is 18.3. The van der Waals surface area contributed by atoms with E-state index in [1.54, 1.807) is 72.8 Å². The number of aryl methyl sites for hydroxylation is 2. The number of fused-ring (bicyclic) bond motifs is 1. The van der Waals surface area contributed by atoms with Crippen molar-refractivity contribution in [2.45, 2.75) is 68.1 Å². The lowest BCUT2D eigenvalue weighted by molar-refractivity contribution is 0.319. The van der Waals surface area contributed by atoms with Gasteiger partial charge in [-0.05, 0) is 76.9 Å². The molecule has 39 heavy (non-hydrogen) atoms. The van der Waals surface area contributed by atoms with Gasteiger partial charge < -0.3 is 4.74 Å². The minimum Gasteiger partial charge on any atom is -0.367 e. The van der Waals surface area contributed by atoms with Crippen LogP contribution in [0.2, 0.25) is 0 Å². The molecule has 1 saturated heterocycles. The molecule has 3 aromatic rings. The van der Waals surface area contributed by atoms with Gasteiger partial charge in [-0.2, -0.15) is 0 Å². The molecule has 0 aliphatic carbocycles. The molecule has 1 fully saturated rings. The first-order valence-corrected chi connectivity index (χ1v) is 15.9. The van der Waals surface area contributed by atoms with Gasteiger partial charge in [0.1, 0.15) is 0 Å². The summed E-state index contributed by atoms with van der Waals surface area (Å²) in [5, 5.41) is 0. The third kappa shape index (κ3) is 5.11. The second kappa shape index (κ2) is 9.80. The maximum absolute atomic E-state index is 14.2. The van der Waals surface area contributed by atoms with E-state index in [0.29, 0.717) is 29.8 Å². The standard InChI is InChI=1S/C30H34N2O5S2/c1-21-10-15-24(16-11-21)38(33,34)31-20-28(23(3)14-19-29-30(4,5)37-29)32(27-9-7-6-8-26(27)31)39(35,36)25-17-12-22(2)13-18-25/h6-13,15-18,28-29H,3,14,19-20H2,1-2,4-5H3. The zero-order valence-corrected chi connectivity index (χ0v) is 24.3. The number of benzene rings is 3. The van der Waals surface area contributed by atoms with Crippen LogP contribution in [0.15, 0.2) is 94.7 Å². The predicted octanol–water partition coefficient (Wildman–Crippen LogP) is 5.59. The van der Waals surface area contributed by atoms with E-state index >= 15 is 0 Å². The van der Waals surface area contributed by atoms with Crippen LogP contribution in [0.4, 0.5) is 11.4 Å². The Bertz CT molecular complexity index is 1610. The Morgan fingerprint density at radius 3 is 1.85 bits per heavy atom. The molecule has 2 heterocycles. The summed E-state index contributed by atoms with van der Waals surface area (Å²) in [4.78, 5) is 0.289. The highest BCUT2D eigenvalue weighted by Gasteiger charge is 2.48. The maximum Gasteiger partial charge on any atom is 0.265 e. The van der Waals surface area contributed by atoms with E-state index in [0.717, 1.165) is 11.1 Å². The molecule has 0 N–H and O–H groups in total. The monoisotopic (exact) mass is 566 g/mol. The molecule has 2 unspecified atom stereocenters. The zero-order chi connectivity index (χ0) is 28.2. The second-order valence-electron chi connectivity index (χ2n) is 10.9. The van der Waals surface area contributed by atoms with Crippen molar-refractivity contribution < 1.29 is 21.6 Å². The number of epoxide rings is 1. The highest BCUT2D eigenvalue weighted by Crippen LogP contribution is 2.44. The van der Waals surface area contributed by atoms with E-state index < -0.39 is 26.1 Å². The van der Waals surface area contributed by atoms with Crippen molar-refractivity contribution in [2.75, 3.05) is 15.2 Å². The fraction of sp³-hybridized carbons (Fsp3) is 0.333. The molecule has 2 aliphatic rings. The SMILES string of the molecule is C=C(CCC1OC1(C)C)C1CN(S(=O)(=O)c2ccc(C)cc2)c2ccccc2N1S(=O)(=O)c1ccc(C)cc1. The van der Waals surface area contributed by atoms with E-state index in [-0.39, 0.29) is 28.0 Å². The van der Waals surface area contributed by atoms with Gasteiger partial charge in [0, 0.05) is 0 Å². The fourth-order valence-electron chi connectivity index (χ4n) is 5.06. The van der Waals surface area contributed by atoms with Crippen LogP contribution in [0.1, 0.15) is 37.8 Å². The number of para-hydroxylation sites is 2. The molecule has 0 radical (unpaired) electrons. The highest BCUT2D eigenvalue weighted by molar-refractivity contribution is 7.93. The van der Waals surface area contributed by atoms with Crippen molar-refractivity contribution >= 4 is 31.4 Å². The molecule has 2 atom stereocenters. The Kier molecular flexibility index (Phi) is 6.89. The summed E-state index contributed by atoms with van der Waals surface area (Å²) < 4.78 is 64.7. The molecule has 0 spiro atoms. The molecule has 2 aliphatic heterocycles. The van der Waals surface area contributed by atoms with Gasteiger partial charge in [0.15, 0.2) is 0 Å². The van der Waals surface area contributed by atoms with Crippen molar-refractivity contribution in [1.29, 1.82) is 0 Å². The highest BCUT2D eigenvalue weighted by atomic mass is 32.2. The van der Waals surface area contributed by atoms with E-state index in [4.69, 9.17) is 4.74 Å². The number of ether oxygens (including phenoxy) is 1. The number of rotatable bonds is 8. The Balaban J connectivity index is 1.62. The van der Waals surface area contributed by atoms with Crippen LogP contribution >= 0.6 is 0 Å². The van der Waals surface area contributed by atoms with Crippen LogP contribution in [-0.4, -0.2) is 41.1 Å². The van der Waals surface area contributed by atoms with Crippen LogP contribution in [0.5, 0.6) is 0 Å². The Hall–Kier alpha value is -3.14. The molecule has 0 saturated carbocycles. The third-order valence-electron chi connectivity index (χ3n) is 7.56. The quantitative estimate of drug-likeness (QED) is 0.262. The van der Waals surface area contributed by atoms with E-state index in [9.17, 15) is 16.8 Å². The van der Waals surface area contributed by atoms with Crippen LogP contribution < -0.4 is 8.61 Å². The second-order valence-corrected chi connectivity index (χ2v) is 14.6. The summed E-state index contributed by atoms with van der Waals surface area (Å²) >= 11 is 0. The van der Waals surface area contributed by atoms with Gasteiger partial charge in [0.05, 0.1) is 45.5 Å². The summed E-state index contributed by atoms with van der Waals surface area (Å²) in [5.74, 6) is 0. The predicted molar refractivity (Wildman–Crippen MR) is 154 cm³/mol. The number of hydrogen-bond donors (Lipinski definition) is 0. The summed E-state index contributed by atoms with van der Waals surface area (Å²) in [5.41, 5.74) is 2.92. The molecule has 5 rings (SSSR count). The maximum atomic E-state index is 14.2. The first kappa shape index (κ1) is 27.4. The van der Waals surface area contributed by atoms with Gasteiger partial charge in [-0.25, -0.2) is 16.8 Å². The number of sulfonamides is 2. The molecular formula is C30H34N2O5S2. The van der Waals surface area contributed by atoms with E-state index in [2.05, 4.69) is 6.58 Å². The Morgan fingerprint density at radius 2 is 1.33 bits per heavy atom. The lowest BCUT2D eigenvalue weighted by Crippen LogP contribution is -2.53. The topological polar surface area (TPSA) is 87.3 Å². The first-order valence-electron chi connectivity index (χ1n) is 13.0. The lowest BCUT2D eigenvalue weighted by atomic mass is 9.97. The zero-order valence-electron chi connectivity index (χ0n) is 22.7. The Morgan fingerprint density at radius 1 is 0.846 bits per heavy atom. The normalized spacial score (nSPS) is 20.4. The summed E-state index contributed by atoms with van der Waals surface area (Å²) in [7, 11) is -8.04. The lowest BCUT2D eigenvalue weighted by Gasteiger charge is -2.43. The molecule has 0 aromatic heterocycles. The van der Waals surface area contributed by atoms with Gasteiger partial charge in [-0.15, -0.1) is 0 Å². The van der Waals surface area contributed by atoms with Crippen LogP contribution in [0.3, 0.4) is 0 Å². The minimum absolute atomic E-state index is 0.0553. The van der Waals surface area contributed by atoms with Crippen molar-refractivity contribution in [1.82, 2.24) is 0 Å². The Labute approximate surface area is 231 Å². The third-order valence-corrected chi connectivity index (χ3v) is 11.2. The van der Waals surface area contributed by atoms with Crippen molar-refractivity contribution in [3.8, 4) is 0 Å². The van der Waals surface area contributed by atoms with Crippen molar-refractivity contribution in [2.24, 2.45) is 0 Å². The molecule has 9 heteroatoms. The average molecular weight is 567 g/mol. The van der Waals surface area contributed by atoms with Crippen molar-refractivity contribution in [3.63, 3.8) is 0 Å². The largest absolute Gasteiger partial charge is 0.367 e. The van der Waals surface area contributed by atoms with Gasteiger partial charge in [0.25, 0.3) is 20.0 Å². The van der Waals surface area contributed by atoms with Crippen molar-refractivity contribution in [3.05, 3.63) is 96.1 Å². The van der Waals surface area contributed by atoms with E-state index in [1.165, 1.54) is 8.61 Å². The summed E-state index contributed by atoms with van der Waals surface area (Å²) in [6.45, 7) is 12.0. The number of nitrogens with zero attached hydrogens (tertiary/aromatic N) is 2. The van der Waals surface area contributed by atoms with Crippen LogP contribution in [-0.2, 0) is 24.8 Å². The fourth-order valence-corrected chi connectivity index (χ4v) is 8.22. The molecule has 206 valence electrons. The molecular weight excluding hydrogens is 532 g/mol. The molecule has 0 bridgehead atoms. The number of anilines is 2. The molecule has 7 nitrogen and oxygen atoms in total. The molecule has 3 aromatic carbocycles. The average Bonchev–Trinajstić information content (AvgIpc) is 3.52. The van der Waals surface area contributed by atoms with Gasteiger partial charge >= 0.3 is 0 Å². The van der Waals surface area contributed by atoms with Gasteiger partial charge in [-0.3, -0.25) is 8.61 Å². The minimum atomic E-state index is -4.05. The van der Waals surface area contributed by atoms with Gasteiger partial charge in [-0.1, -0.05) is 59.7 Å².